The zero-order valence-electron chi connectivity index (χ0n) is 6.93. The fourth-order valence-electron chi connectivity index (χ4n) is 1.28. The molecule has 1 heterocycles. The molecule has 0 bridgehead atoms. The zero-order chi connectivity index (χ0) is 9.14. The normalized spacial score (nSPS) is 30.1. The summed E-state index contributed by atoms with van der Waals surface area (Å²) in [5, 5.41) is 18.5. The quantitative estimate of drug-likeness (QED) is 0.522. The van der Waals surface area contributed by atoms with Gasteiger partial charge in [-0.2, -0.15) is 0 Å². The third kappa shape index (κ3) is 1.67. The Hall–Kier alpha value is -0.810. The topological polar surface area (TPSA) is 70.0 Å². The van der Waals surface area contributed by atoms with Crippen LogP contribution in [-0.2, 0) is 4.74 Å². The van der Waals surface area contributed by atoms with Crippen molar-refractivity contribution >= 4 is 6.09 Å². The third-order valence-electron chi connectivity index (χ3n) is 1.97. The first-order valence-corrected chi connectivity index (χ1v) is 3.87. The number of aliphatic hydroxyl groups is 2. The fraction of sp³-hybridized carbons (Fsp3) is 0.857. The van der Waals surface area contributed by atoms with Gasteiger partial charge in [0.1, 0.15) is 0 Å². The second-order valence-electron chi connectivity index (χ2n) is 2.79. The summed E-state index contributed by atoms with van der Waals surface area (Å²) in [5.74, 6) is 0. The smallest absolute Gasteiger partial charge is 0.411 e. The van der Waals surface area contributed by atoms with Crippen molar-refractivity contribution in [1.29, 1.82) is 0 Å². The van der Waals surface area contributed by atoms with E-state index in [2.05, 4.69) is 4.74 Å². The molecular weight excluding hydrogens is 162 g/mol. The molecule has 1 rings (SSSR count). The number of nitrogens with zero attached hydrogens (tertiary/aromatic N) is 1. The number of ether oxygens (including phenoxy) is 1. The van der Waals surface area contributed by atoms with Crippen molar-refractivity contribution in [3.8, 4) is 0 Å². The number of amides is 1. The van der Waals surface area contributed by atoms with Gasteiger partial charge in [-0.1, -0.05) is 0 Å². The van der Waals surface area contributed by atoms with E-state index in [-0.39, 0.29) is 0 Å². The number of piperidine rings is 1. The van der Waals surface area contributed by atoms with E-state index in [0.717, 1.165) is 4.90 Å². The lowest BCUT2D eigenvalue weighted by Gasteiger charge is -2.34. The highest BCUT2D eigenvalue weighted by Crippen LogP contribution is 2.16. The van der Waals surface area contributed by atoms with Gasteiger partial charge in [0, 0.05) is 6.54 Å². The summed E-state index contributed by atoms with van der Waals surface area (Å²) < 4.78 is 4.42. The molecule has 0 spiro atoms. The van der Waals surface area contributed by atoms with Gasteiger partial charge in [-0.25, -0.2) is 4.79 Å². The van der Waals surface area contributed by atoms with E-state index in [4.69, 9.17) is 0 Å². The van der Waals surface area contributed by atoms with E-state index in [9.17, 15) is 15.0 Å². The second kappa shape index (κ2) is 3.73. The molecule has 1 saturated heterocycles. The molecule has 0 aliphatic carbocycles. The molecule has 2 atom stereocenters. The molecular formula is C7H13NO4. The van der Waals surface area contributed by atoms with Crippen LogP contribution >= 0.6 is 0 Å². The first-order chi connectivity index (χ1) is 5.66. The highest BCUT2D eigenvalue weighted by Gasteiger charge is 2.31. The Labute approximate surface area is 70.5 Å². The number of methoxy groups -OCH3 is 1. The fourth-order valence-corrected chi connectivity index (χ4v) is 1.28. The minimum absolute atomic E-state index is 0.435. The van der Waals surface area contributed by atoms with Gasteiger partial charge < -0.3 is 14.9 Å². The standard InChI is InChI=1S/C7H13NO4/c1-12-7(11)8-4-2-3-5(9)6(8)10/h5-6,9-10H,2-4H2,1H3. The van der Waals surface area contributed by atoms with E-state index < -0.39 is 18.4 Å². The number of likely N-dealkylation sites (tertiary alicyclic amines) is 1. The molecule has 70 valence electrons. The van der Waals surface area contributed by atoms with Crippen LogP contribution in [0.5, 0.6) is 0 Å². The molecule has 1 aliphatic heterocycles. The largest absolute Gasteiger partial charge is 0.453 e. The molecule has 12 heavy (non-hydrogen) atoms. The first kappa shape index (κ1) is 9.28. The van der Waals surface area contributed by atoms with Gasteiger partial charge in [-0.05, 0) is 12.8 Å². The Morgan fingerprint density at radius 3 is 2.83 bits per heavy atom. The summed E-state index contributed by atoms with van der Waals surface area (Å²) in [6.45, 7) is 0.435. The highest BCUT2D eigenvalue weighted by molar-refractivity contribution is 5.67. The van der Waals surface area contributed by atoms with Gasteiger partial charge in [-0.15, -0.1) is 0 Å². The van der Waals surface area contributed by atoms with Gasteiger partial charge >= 0.3 is 6.09 Å². The van der Waals surface area contributed by atoms with Crippen molar-refractivity contribution in [3.63, 3.8) is 0 Å². The van der Waals surface area contributed by atoms with Crippen molar-refractivity contribution < 1.29 is 19.7 Å². The first-order valence-electron chi connectivity index (χ1n) is 3.87. The second-order valence-corrected chi connectivity index (χ2v) is 2.79. The number of aliphatic hydroxyl groups excluding tert-OH is 2. The van der Waals surface area contributed by atoms with Crippen LogP contribution in [0.15, 0.2) is 0 Å². The van der Waals surface area contributed by atoms with Gasteiger partial charge in [0.25, 0.3) is 0 Å². The number of rotatable bonds is 0. The summed E-state index contributed by atoms with van der Waals surface area (Å²) in [7, 11) is 1.25. The Kier molecular flexibility index (Phi) is 2.88. The molecule has 0 aromatic rings. The van der Waals surface area contributed by atoms with E-state index in [0.29, 0.717) is 19.4 Å². The molecule has 5 nitrogen and oxygen atoms in total. The van der Waals surface area contributed by atoms with Gasteiger partial charge in [-0.3, -0.25) is 4.90 Å². The van der Waals surface area contributed by atoms with Crippen LogP contribution in [0.4, 0.5) is 4.79 Å². The molecule has 1 amide bonds. The predicted molar refractivity (Wildman–Crippen MR) is 40.4 cm³/mol. The molecule has 1 fully saturated rings. The van der Waals surface area contributed by atoms with Crippen LogP contribution in [-0.4, -0.2) is 47.2 Å². The summed E-state index contributed by atoms with van der Waals surface area (Å²) in [5.41, 5.74) is 0. The van der Waals surface area contributed by atoms with Crippen molar-refractivity contribution in [1.82, 2.24) is 4.90 Å². The number of carbonyl (C=O) groups excluding carboxylic acids is 1. The summed E-state index contributed by atoms with van der Waals surface area (Å²) >= 11 is 0. The number of hydrogen-bond donors (Lipinski definition) is 2. The maximum Gasteiger partial charge on any atom is 0.411 e. The molecule has 1 aliphatic rings. The average molecular weight is 175 g/mol. The molecule has 0 aromatic carbocycles. The Balaban J connectivity index is 2.57. The van der Waals surface area contributed by atoms with E-state index in [1.807, 2.05) is 0 Å². The molecule has 2 N–H and O–H groups in total. The van der Waals surface area contributed by atoms with E-state index in [1.165, 1.54) is 7.11 Å². The minimum atomic E-state index is -1.12. The maximum absolute atomic E-state index is 11.0. The van der Waals surface area contributed by atoms with Crippen molar-refractivity contribution in [2.75, 3.05) is 13.7 Å². The van der Waals surface area contributed by atoms with E-state index >= 15 is 0 Å². The highest BCUT2D eigenvalue weighted by atomic mass is 16.5. The maximum atomic E-state index is 11.0. The summed E-state index contributed by atoms with van der Waals surface area (Å²) in [6, 6.07) is 0. The number of hydrogen-bond acceptors (Lipinski definition) is 4. The summed E-state index contributed by atoms with van der Waals surface area (Å²) in [4.78, 5) is 12.1. The molecule has 5 heteroatoms. The predicted octanol–water partition coefficient (Wildman–Crippen LogP) is -0.472. The minimum Gasteiger partial charge on any atom is -0.453 e. The number of carbonyl (C=O) groups is 1. The lowest BCUT2D eigenvalue weighted by Crippen LogP contribution is -2.50. The van der Waals surface area contributed by atoms with Crippen LogP contribution < -0.4 is 0 Å². The molecule has 0 saturated carbocycles. The Bertz CT molecular complexity index is 173. The molecule has 0 aromatic heterocycles. The van der Waals surface area contributed by atoms with Crippen LogP contribution in [0, 0.1) is 0 Å². The van der Waals surface area contributed by atoms with E-state index in [1.54, 1.807) is 0 Å². The monoisotopic (exact) mass is 175 g/mol. The zero-order valence-corrected chi connectivity index (χ0v) is 6.93. The lowest BCUT2D eigenvalue weighted by atomic mass is 10.1. The Morgan fingerprint density at radius 2 is 2.25 bits per heavy atom. The molecule has 2 unspecified atom stereocenters. The van der Waals surface area contributed by atoms with Crippen LogP contribution in [0.1, 0.15) is 12.8 Å². The van der Waals surface area contributed by atoms with Gasteiger partial charge in [0.2, 0.25) is 0 Å². The van der Waals surface area contributed by atoms with Gasteiger partial charge in [0.15, 0.2) is 6.23 Å². The Morgan fingerprint density at radius 1 is 1.58 bits per heavy atom. The van der Waals surface area contributed by atoms with Crippen LogP contribution in [0.25, 0.3) is 0 Å². The third-order valence-corrected chi connectivity index (χ3v) is 1.97. The average Bonchev–Trinajstić information content (AvgIpc) is 2.08. The molecule has 0 radical (unpaired) electrons. The van der Waals surface area contributed by atoms with Gasteiger partial charge in [0.05, 0.1) is 13.2 Å². The summed E-state index contributed by atoms with van der Waals surface area (Å²) in [6.07, 6.45) is -1.35. The van der Waals surface area contributed by atoms with Crippen molar-refractivity contribution in [2.45, 2.75) is 25.2 Å². The SMILES string of the molecule is COC(=O)N1CCCC(O)C1O. The van der Waals surface area contributed by atoms with Crippen molar-refractivity contribution in [2.24, 2.45) is 0 Å². The lowest BCUT2D eigenvalue weighted by molar-refractivity contribution is -0.0955. The van der Waals surface area contributed by atoms with Crippen molar-refractivity contribution in [3.05, 3.63) is 0 Å². The van der Waals surface area contributed by atoms with Crippen LogP contribution in [0.3, 0.4) is 0 Å². The van der Waals surface area contributed by atoms with Crippen LogP contribution in [0.2, 0.25) is 0 Å².